The summed E-state index contributed by atoms with van der Waals surface area (Å²) in [7, 11) is -3.67. The Morgan fingerprint density at radius 2 is 0.611 bits per heavy atom. The maximum atomic E-state index is 12.2. The molecule has 28 aliphatic rings. The molecule has 8 saturated heterocycles. The van der Waals surface area contributed by atoms with Crippen molar-refractivity contribution in [2.75, 3.05) is 26.4 Å². The van der Waals surface area contributed by atoms with Gasteiger partial charge in [-0.3, -0.25) is 38.4 Å². The average Bonchev–Trinajstić information content (AvgIpc) is 1.54. The van der Waals surface area contributed by atoms with Crippen LogP contribution >= 0.6 is 0 Å². The van der Waals surface area contributed by atoms with Crippen molar-refractivity contribution in [3.05, 3.63) is 0 Å². The third kappa shape index (κ3) is 18.4. The van der Waals surface area contributed by atoms with Gasteiger partial charge in [-0.2, -0.15) is 0 Å². The van der Waals surface area contributed by atoms with Gasteiger partial charge in [0.1, 0.15) is 0 Å². The second-order valence-corrected chi connectivity index (χ2v) is 93.5. The highest BCUT2D eigenvalue weighted by atomic mass is 28.3. The summed E-state index contributed by atoms with van der Waals surface area (Å²) in [6.45, 7) is 58.6. The lowest BCUT2D eigenvalue weighted by atomic mass is 9.60. The van der Waals surface area contributed by atoms with Crippen LogP contribution in [0.1, 0.15) is 180 Å². The normalized spacial score (nSPS) is 49.5. The summed E-state index contributed by atoms with van der Waals surface area (Å²) in [5.41, 5.74) is -0.0862. The number of ether oxygens (including phenoxy) is 7. The second kappa shape index (κ2) is 34.6. The lowest BCUT2D eigenvalue weighted by molar-refractivity contribution is -0.158. The summed E-state index contributed by atoms with van der Waals surface area (Å²) < 4.78 is 36.4. The van der Waals surface area contributed by atoms with Gasteiger partial charge >= 0.3 is 47.8 Å². The number of fused-ring (bicyclic) bond motifs is 59. The van der Waals surface area contributed by atoms with Crippen LogP contribution in [0.25, 0.3) is 0 Å². The molecule has 0 aromatic heterocycles. The lowest BCUT2D eigenvalue weighted by Crippen LogP contribution is -2.42. The van der Waals surface area contributed by atoms with Gasteiger partial charge in [0.05, 0.1) is 86.0 Å². The predicted octanol–water partition coefficient (Wildman–Crippen LogP) is 23.2. The third-order valence-corrected chi connectivity index (χ3v) is 37.7. The van der Waals surface area contributed by atoms with E-state index in [0.717, 1.165) is 200 Å². The predicted molar refractivity (Wildman–Crippen MR) is 512 cm³/mol. The van der Waals surface area contributed by atoms with Crippen molar-refractivity contribution in [3.8, 4) is 0 Å². The fraction of sp³-hybridized carbons (Fsp3) is 0.924. The van der Waals surface area contributed by atoms with Crippen LogP contribution in [-0.4, -0.2) is 135 Å². The highest BCUT2D eigenvalue weighted by molar-refractivity contribution is 6.76. The van der Waals surface area contributed by atoms with Gasteiger partial charge in [-0.1, -0.05) is 157 Å². The maximum Gasteiger partial charge on any atom is 0.320 e. The molecule has 0 amide bonds. The van der Waals surface area contributed by atoms with E-state index in [9.17, 15) is 38.4 Å². The Hall–Kier alpha value is -2.58. The van der Waals surface area contributed by atoms with E-state index in [-0.39, 0.29) is 82.4 Å². The number of carbonyl (C=O) groups is 8. The van der Waals surface area contributed by atoms with E-state index in [0.29, 0.717) is 78.5 Å². The van der Waals surface area contributed by atoms with Crippen LogP contribution < -0.4 is 0 Å². The van der Waals surface area contributed by atoms with E-state index in [1.807, 2.05) is 0 Å². The number of carbonyl (C=O) groups excluding carboxylic acids is 8. The average molecular weight is 1850 g/mol. The molecule has 15 nitrogen and oxygen atoms in total. The van der Waals surface area contributed by atoms with Crippen molar-refractivity contribution in [2.24, 2.45) is 229 Å². The topological polar surface area (TPSA) is 201 Å². The Labute approximate surface area is 767 Å². The van der Waals surface area contributed by atoms with Gasteiger partial charge in [0.15, 0.2) is 0 Å². The van der Waals surface area contributed by atoms with Gasteiger partial charge in [0, 0.05) is 65.7 Å². The Morgan fingerprint density at radius 3 is 1.01 bits per heavy atom. The van der Waals surface area contributed by atoms with Gasteiger partial charge < -0.3 is 33.2 Å². The molecule has 3 spiro atoms. The fourth-order valence-electron chi connectivity index (χ4n) is 36.1. The van der Waals surface area contributed by atoms with E-state index in [2.05, 4.69) is 157 Å². The van der Waals surface area contributed by atoms with Crippen LogP contribution in [0.2, 0.25) is 157 Å². The van der Waals surface area contributed by atoms with Crippen LogP contribution in [0.15, 0.2) is 0 Å². The molecule has 8 aliphatic heterocycles. The molecule has 20 aliphatic carbocycles. The van der Waals surface area contributed by atoms with Gasteiger partial charge in [0.2, 0.25) is 0 Å². The molecule has 8 heterocycles. The largest absolute Gasteiger partial charge is 0.465 e. The van der Waals surface area contributed by atoms with Crippen molar-refractivity contribution in [3.63, 3.8) is 0 Å². The number of esters is 8. The van der Waals surface area contributed by atoms with Crippen molar-refractivity contribution in [2.45, 2.75) is 349 Å². The standard InChI is InChI=1S/C15H18O3.2C15H20O2.C14H16O3.C14H18O2.C8H10O3.6C4H12Si/c16-11-6-15(14(17)18-11)5-9-4-10(15)13-8-2-1-7(3-8)12(9)13;16-12-6-15(7-17-12)5-10-4-11(15)14-9-2-1-8(3-9)13(10)14;16-14-15(3-4-17-14)7-10-6-11(15)13-9-2-1-8(5-9)12(10)13;15-13-11-7-4-8(12(11)14(16)17-13)10-6-2-1-5(3-6)9(7)10;15-14-13-9-4-8(10(13)5-16-14)11-6-1-2-7(3-6)12(9)11;9-8-7-4(3-10-8)5-1-2-6(7)11-5;6*1-5(2,3)4/h7-10,12-13H,1-6H2;8-11,13-14H,1-7H2;8-13H,1-7H2;5-12H,1-4H2;6-13H,1-5H2;4-7H,1-3H2;6*1-4H3. The zero-order chi connectivity index (χ0) is 90.6. The highest BCUT2D eigenvalue weighted by Gasteiger charge is 2.76. The summed E-state index contributed by atoms with van der Waals surface area (Å²) in [6, 6.07) is 0. The first-order valence-electron chi connectivity index (χ1n) is 52.5. The van der Waals surface area contributed by atoms with Gasteiger partial charge in [-0.05, 0) is 344 Å². The molecular weight excluding hydrogens is 1670 g/mol. The van der Waals surface area contributed by atoms with Gasteiger partial charge in [-0.15, -0.1) is 0 Å². The van der Waals surface area contributed by atoms with Crippen LogP contribution in [0.4, 0.5) is 0 Å². The molecule has 0 N–H and O–H groups in total. The van der Waals surface area contributed by atoms with Crippen LogP contribution in [0.5, 0.6) is 0 Å². The first kappa shape index (κ1) is 95.2. The molecular formula is C105H174O15Si6. The van der Waals surface area contributed by atoms with E-state index >= 15 is 0 Å². The summed E-state index contributed by atoms with van der Waals surface area (Å²) in [5.74, 6) is 26.7. The third-order valence-electron chi connectivity index (χ3n) is 37.7. The first-order valence-corrected chi connectivity index (χ1v) is 76.5. The van der Waals surface area contributed by atoms with Crippen molar-refractivity contribution in [1.29, 1.82) is 0 Å². The molecule has 22 bridgehead atoms. The molecule has 20 saturated carbocycles. The minimum absolute atomic E-state index is 0.00366. The molecule has 28 fully saturated rings. The second-order valence-electron chi connectivity index (χ2n) is 57.5. The molecule has 41 unspecified atom stereocenters. The number of cyclic esters (lactones) is 8. The minimum atomic E-state index is -0.611. The maximum absolute atomic E-state index is 12.2. The van der Waals surface area contributed by atoms with Crippen LogP contribution in [-0.2, 0) is 71.5 Å². The van der Waals surface area contributed by atoms with E-state index in [1.54, 1.807) is 0 Å². The van der Waals surface area contributed by atoms with E-state index < -0.39 is 48.4 Å². The quantitative estimate of drug-likeness (QED) is 0.0728. The lowest BCUT2D eigenvalue weighted by Gasteiger charge is -2.43. The Bertz CT molecular complexity index is 3920. The smallest absolute Gasteiger partial charge is 0.320 e. The van der Waals surface area contributed by atoms with Crippen molar-refractivity contribution < 1.29 is 71.5 Å². The monoisotopic (exact) mass is 1840 g/mol. The SMILES string of the molecule is C[Si](C)(C)C.C[Si](C)(C)C.C[Si](C)(C)C.C[Si](C)(C)C.C[Si](C)(C)C.C[Si](C)(C)C.O=C1CC2(CC3CC2C2C4CCC(C4)C32)C(=O)O1.O=C1CC2(CO1)CC1CC2C2C3CCC(C3)C12.O=C1OC(=O)C2C3CC(C12)C1C2CCC(C2)C31.O=C1OCC2C3CC(C12)C1C2CCC(C2)C31.O=C1OCC2C3CCC(O3)C12.O=C1OCCC12CC1CC2C2C3CCC(C3)C12. The number of rotatable bonds is 0. The molecule has 0 aromatic carbocycles. The van der Waals surface area contributed by atoms with Crippen molar-refractivity contribution in [1.82, 2.24) is 0 Å². The number of hydrogen-bond acceptors (Lipinski definition) is 15. The minimum Gasteiger partial charge on any atom is -0.465 e. The fourth-order valence-corrected chi connectivity index (χ4v) is 36.1. The van der Waals surface area contributed by atoms with Crippen molar-refractivity contribution >= 4 is 96.2 Å². The number of hydrogen-bond donors (Lipinski definition) is 0. The molecule has 126 heavy (non-hydrogen) atoms. The Morgan fingerprint density at radius 1 is 0.262 bits per heavy atom. The first-order chi connectivity index (χ1) is 58.7. The van der Waals surface area contributed by atoms with E-state index in [1.165, 1.54) is 135 Å². The zero-order valence-corrected chi connectivity index (χ0v) is 89.2. The molecule has 0 aromatic rings. The molecule has 28 rings (SSSR count). The van der Waals surface area contributed by atoms with Crippen LogP contribution in [0.3, 0.4) is 0 Å². The molecule has 708 valence electrons. The summed E-state index contributed by atoms with van der Waals surface area (Å²) in [6.07, 6.45) is 36.5. The summed E-state index contributed by atoms with van der Waals surface area (Å²) in [5, 5.41) is 0. The summed E-state index contributed by atoms with van der Waals surface area (Å²) in [4.78, 5) is 93.9. The molecule has 21 heteroatoms. The zero-order valence-electron chi connectivity index (χ0n) is 83.2. The van der Waals surface area contributed by atoms with Crippen LogP contribution in [0, 0.1) is 229 Å². The molecule has 41 atom stereocenters. The summed E-state index contributed by atoms with van der Waals surface area (Å²) >= 11 is 0. The van der Waals surface area contributed by atoms with Gasteiger partial charge in [-0.25, -0.2) is 0 Å². The van der Waals surface area contributed by atoms with E-state index in [4.69, 9.17) is 33.2 Å². The highest BCUT2D eigenvalue weighted by Crippen LogP contribution is 2.78. The van der Waals surface area contributed by atoms with Gasteiger partial charge in [0.25, 0.3) is 0 Å². The molecule has 0 radical (unpaired) electrons. The Balaban J connectivity index is 0.000000101. The Kier molecular flexibility index (Phi) is 26.1.